The molecule has 3 aromatic rings. The zero-order chi connectivity index (χ0) is 14.8. The lowest BCUT2D eigenvalue weighted by molar-refractivity contribution is 0.733. The minimum Gasteiger partial charge on any atom is -0.322 e. The van der Waals surface area contributed by atoms with Gasteiger partial charge in [0.05, 0.1) is 23.3 Å². The fourth-order valence-corrected chi connectivity index (χ4v) is 3.08. The van der Waals surface area contributed by atoms with Crippen molar-refractivity contribution >= 4 is 45.2 Å². The van der Waals surface area contributed by atoms with Crippen LogP contribution in [0.3, 0.4) is 0 Å². The molecule has 108 valence electrons. The van der Waals surface area contributed by atoms with Crippen LogP contribution in [0.25, 0.3) is 11.0 Å². The van der Waals surface area contributed by atoms with E-state index in [1.807, 2.05) is 12.3 Å². The predicted molar refractivity (Wildman–Crippen MR) is 95.0 cm³/mol. The maximum Gasteiger partial charge on any atom is 0.111 e. The van der Waals surface area contributed by atoms with E-state index in [9.17, 15) is 0 Å². The third kappa shape index (κ3) is 3.06. The quantitative estimate of drug-likeness (QED) is 0.476. The minimum atomic E-state index is 0.571. The van der Waals surface area contributed by atoms with Crippen molar-refractivity contribution in [3.8, 4) is 0 Å². The normalized spacial score (nSPS) is 11.2. The van der Waals surface area contributed by atoms with Gasteiger partial charge in [-0.2, -0.15) is 0 Å². The summed E-state index contributed by atoms with van der Waals surface area (Å²) in [5.41, 5.74) is 4.43. The molecule has 0 aliphatic heterocycles. The van der Waals surface area contributed by atoms with E-state index >= 15 is 0 Å². The molecule has 0 aliphatic carbocycles. The molecule has 3 rings (SSSR count). The van der Waals surface area contributed by atoms with Gasteiger partial charge in [0, 0.05) is 22.1 Å². The first-order valence-electron chi connectivity index (χ1n) is 6.80. The van der Waals surface area contributed by atoms with Crippen LogP contribution in [0.15, 0.2) is 36.5 Å². The zero-order valence-corrected chi connectivity index (χ0v) is 14.6. The monoisotopic (exact) mass is 411 g/mol. The van der Waals surface area contributed by atoms with Crippen LogP contribution in [0.5, 0.6) is 0 Å². The lowest BCUT2D eigenvalue weighted by Gasteiger charge is -2.10. The Balaban J connectivity index is 2.11. The maximum atomic E-state index is 5.93. The van der Waals surface area contributed by atoms with Gasteiger partial charge in [-0.15, -0.1) is 11.6 Å². The second-order valence-corrected chi connectivity index (χ2v) is 6.58. The second kappa shape index (κ2) is 6.32. The Morgan fingerprint density at radius 3 is 2.90 bits per heavy atom. The molecule has 0 N–H and O–H groups in total. The summed E-state index contributed by atoms with van der Waals surface area (Å²) in [5, 5.41) is 0. The van der Waals surface area contributed by atoms with E-state index in [2.05, 4.69) is 63.3 Å². The van der Waals surface area contributed by atoms with Gasteiger partial charge in [-0.1, -0.05) is 6.07 Å². The summed E-state index contributed by atoms with van der Waals surface area (Å²) in [5.74, 6) is 1.59. The number of alkyl halides is 1. The van der Waals surface area contributed by atoms with Crippen LogP contribution in [0.4, 0.5) is 0 Å². The van der Waals surface area contributed by atoms with Crippen LogP contribution in [-0.4, -0.2) is 20.4 Å². The maximum absolute atomic E-state index is 5.93. The van der Waals surface area contributed by atoms with Crippen LogP contribution in [0.1, 0.15) is 17.1 Å². The van der Waals surface area contributed by atoms with Crippen molar-refractivity contribution in [1.29, 1.82) is 0 Å². The van der Waals surface area contributed by atoms with E-state index in [0.717, 1.165) is 35.5 Å². The van der Waals surface area contributed by atoms with E-state index in [4.69, 9.17) is 16.6 Å². The number of hydrogen-bond acceptors (Lipinski definition) is 2. The van der Waals surface area contributed by atoms with Crippen LogP contribution in [-0.2, 0) is 13.0 Å². The second-order valence-electron chi connectivity index (χ2n) is 4.95. The first-order chi connectivity index (χ1) is 10.2. The van der Waals surface area contributed by atoms with E-state index in [1.165, 1.54) is 9.13 Å². The molecule has 0 aliphatic rings. The highest BCUT2D eigenvalue weighted by atomic mass is 127. The zero-order valence-electron chi connectivity index (χ0n) is 11.7. The standard InChI is InChI=1S/C16H15ClIN3/c1-11-3-2-8-19-14(11)10-21-15-5-4-12(18)9-13(15)20-16(21)6-7-17/h2-5,8-9H,6-7,10H2,1H3. The first-order valence-corrected chi connectivity index (χ1v) is 8.41. The van der Waals surface area contributed by atoms with Crippen LogP contribution in [0, 0.1) is 10.5 Å². The van der Waals surface area contributed by atoms with Gasteiger partial charge >= 0.3 is 0 Å². The molecule has 0 spiro atoms. The van der Waals surface area contributed by atoms with Gasteiger partial charge in [0.15, 0.2) is 0 Å². The molecule has 0 saturated heterocycles. The highest BCUT2D eigenvalue weighted by molar-refractivity contribution is 14.1. The molecular weight excluding hydrogens is 397 g/mol. The van der Waals surface area contributed by atoms with Crippen molar-refractivity contribution in [2.75, 3.05) is 5.88 Å². The average Bonchev–Trinajstić information content (AvgIpc) is 2.79. The topological polar surface area (TPSA) is 30.7 Å². The van der Waals surface area contributed by atoms with Crippen LogP contribution < -0.4 is 0 Å². The summed E-state index contributed by atoms with van der Waals surface area (Å²) in [6, 6.07) is 10.4. The minimum absolute atomic E-state index is 0.571. The molecule has 0 radical (unpaired) electrons. The van der Waals surface area contributed by atoms with Crippen molar-refractivity contribution in [1.82, 2.24) is 14.5 Å². The van der Waals surface area contributed by atoms with Crippen LogP contribution in [0.2, 0.25) is 0 Å². The highest BCUT2D eigenvalue weighted by Crippen LogP contribution is 2.21. The first kappa shape index (κ1) is 14.8. The van der Waals surface area contributed by atoms with Gasteiger partial charge in [0.25, 0.3) is 0 Å². The Morgan fingerprint density at radius 1 is 1.29 bits per heavy atom. The molecule has 3 nitrogen and oxygen atoms in total. The number of aryl methyl sites for hydroxylation is 2. The van der Waals surface area contributed by atoms with E-state index in [-0.39, 0.29) is 0 Å². The fourth-order valence-electron chi connectivity index (χ4n) is 2.44. The highest BCUT2D eigenvalue weighted by Gasteiger charge is 2.12. The van der Waals surface area contributed by atoms with Crippen LogP contribution >= 0.6 is 34.2 Å². The molecule has 0 atom stereocenters. The molecule has 1 aromatic carbocycles. The SMILES string of the molecule is Cc1cccnc1Cn1c(CCCl)nc2cc(I)ccc21. The van der Waals surface area contributed by atoms with E-state index < -0.39 is 0 Å². The lowest BCUT2D eigenvalue weighted by Crippen LogP contribution is -2.08. The molecule has 0 saturated carbocycles. The Bertz CT molecular complexity index is 782. The molecule has 0 fully saturated rings. The molecule has 2 aromatic heterocycles. The van der Waals surface area contributed by atoms with Gasteiger partial charge in [-0.3, -0.25) is 4.98 Å². The summed E-state index contributed by atoms with van der Waals surface area (Å²) in [4.78, 5) is 9.23. The number of fused-ring (bicyclic) bond motifs is 1. The number of benzene rings is 1. The number of imidazole rings is 1. The third-order valence-corrected chi connectivity index (χ3v) is 4.39. The number of rotatable bonds is 4. The number of halogens is 2. The van der Waals surface area contributed by atoms with Gasteiger partial charge in [-0.05, 0) is 59.3 Å². The fraction of sp³-hybridized carbons (Fsp3) is 0.250. The molecular formula is C16H15ClIN3. The molecule has 0 amide bonds. The smallest absolute Gasteiger partial charge is 0.111 e. The van der Waals surface area contributed by atoms with Crippen molar-refractivity contribution in [3.63, 3.8) is 0 Å². The number of pyridine rings is 1. The summed E-state index contributed by atoms with van der Waals surface area (Å²) >= 11 is 8.24. The van der Waals surface area contributed by atoms with Gasteiger partial charge < -0.3 is 4.57 Å². The number of aromatic nitrogens is 3. The van der Waals surface area contributed by atoms with Gasteiger partial charge in [-0.25, -0.2) is 4.98 Å². The molecule has 2 heterocycles. The van der Waals surface area contributed by atoms with Gasteiger partial charge in [0.2, 0.25) is 0 Å². The van der Waals surface area contributed by atoms with Crippen molar-refractivity contribution in [2.45, 2.75) is 19.9 Å². The van der Waals surface area contributed by atoms with E-state index in [1.54, 1.807) is 0 Å². The van der Waals surface area contributed by atoms with E-state index in [0.29, 0.717) is 5.88 Å². The number of nitrogens with zero attached hydrogens (tertiary/aromatic N) is 3. The average molecular weight is 412 g/mol. The summed E-state index contributed by atoms with van der Waals surface area (Å²) < 4.78 is 3.42. The Labute approximate surface area is 142 Å². The molecule has 5 heteroatoms. The Hall–Kier alpha value is -1.14. The van der Waals surface area contributed by atoms with Crippen molar-refractivity contribution in [3.05, 3.63) is 57.2 Å². The Kier molecular flexibility index (Phi) is 4.45. The van der Waals surface area contributed by atoms with Crippen molar-refractivity contribution in [2.24, 2.45) is 0 Å². The van der Waals surface area contributed by atoms with Crippen molar-refractivity contribution < 1.29 is 0 Å². The van der Waals surface area contributed by atoms with Gasteiger partial charge in [0.1, 0.15) is 5.82 Å². The summed E-state index contributed by atoms with van der Waals surface area (Å²) in [6.45, 7) is 2.82. The largest absolute Gasteiger partial charge is 0.322 e. The Morgan fingerprint density at radius 2 is 2.14 bits per heavy atom. The molecule has 21 heavy (non-hydrogen) atoms. The summed E-state index contributed by atoms with van der Waals surface area (Å²) in [6.07, 6.45) is 2.60. The third-order valence-electron chi connectivity index (χ3n) is 3.53. The predicted octanol–water partition coefficient (Wildman–Crippen LogP) is 4.17. The number of hydrogen-bond donors (Lipinski definition) is 0. The molecule has 0 unspecified atom stereocenters. The molecule has 0 bridgehead atoms. The lowest BCUT2D eigenvalue weighted by atomic mass is 10.2. The summed E-state index contributed by atoms with van der Waals surface area (Å²) in [7, 11) is 0.